The molecule has 0 bridgehead atoms. The zero-order valence-electron chi connectivity index (χ0n) is 13.5. The van der Waals surface area contributed by atoms with Gasteiger partial charge in [0.2, 0.25) is 0 Å². The molecule has 1 aromatic carbocycles. The van der Waals surface area contributed by atoms with Crippen molar-refractivity contribution in [2.45, 2.75) is 49.6 Å². The highest BCUT2D eigenvalue weighted by Gasteiger charge is 2.32. The number of rotatable bonds is 4. The van der Waals surface area contributed by atoms with E-state index in [9.17, 15) is 22.8 Å². The van der Waals surface area contributed by atoms with Crippen molar-refractivity contribution < 1.29 is 32.6 Å². The van der Waals surface area contributed by atoms with E-state index in [1.165, 1.54) is 6.92 Å². The molecule has 0 radical (unpaired) electrons. The Morgan fingerprint density at radius 2 is 1.83 bits per heavy atom. The van der Waals surface area contributed by atoms with Crippen LogP contribution in [0.4, 0.5) is 23.7 Å². The Kier molecular flexibility index (Phi) is 6.15. The molecule has 134 valence electrons. The third kappa shape index (κ3) is 6.31. The van der Waals surface area contributed by atoms with E-state index in [1.807, 2.05) is 0 Å². The van der Waals surface area contributed by atoms with Gasteiger partial charge in [-0.15, -0.1) is 11.8 Å². The maximum Gasteiger partial charge on any atom is 0.416 e. The Bertz CT molecular complexity index is 626. The number of carbonyl (C=O) groups excluding carboxylic acids is 1. The van der Waals surface area contributed by atoms with Gasteiger partial charge in [0.25, 0.3) is 0 Å². The number of benzene rings is 1. The second-order valence-electron chi connectivity index (χ2n) is 5.93. The summed E-state index contributed by atoms with van der Waals surface area (Å²) in [6.07, 6.45) is -5.42. The van der Waals surface area contributed by atoms with Crippen molar-refractivity contribution in [1.29, 1.82) is 0 Å². The lowest BCUT2D eigenvalue weighted by atomic mass is 10.2. The monoisotopic (exact) mass is 365 g/mol. The van der Waals surface area contributed by atoms with Crippen LogP contribution >= 0.6 is 11.8 Å². The molecule has 9 heteroatoms. The molecule has 0 aromatic heterocycles. The summed E-state index contributed by atoms with van der Waals surface area (Å²) in [5, 5.41) is 10.3. The van der Waals surface area contributed by atoms with Gasteiger partial charge in [-0.2, -0.15) is 13.2 Å². The molecule has 1 aromatic rings. The molecule has 1 atom stereocenters. The van der Waals surface area contributed by atoms with Gasteiger partial charge in [0, 0.05) is 4.90 Å². The fraction of sp³-hybridized carbons (Fsp3) is 0.467. The predicted octanol–water partition coefficient (Wildman–Crippen LogP) is 4.62. The molecule has 0 aliphatic carbocycles. The van der Waals surface area contributed by atoms with Gasteiger partial charge in [0.1, 0.15) is 10.9 Å². The quantitative estimate of drug-likeness (QED) is 0.762. The number of carboxylic acids is 1. The Hall–Kier alpha value is -1.90. The topological polar surface area (TPSA) is 75.6 Å². The van der Waals surface area contributed by atoms with Gasteiger partial charge < -0.3 is 9.84 Å². The van der Waals surface area contributed by atoms with Crippen molar-refractivity contribution in [3.8, 4) is 0 Å². The number of anilines is 1. The van der Waals surface area contributed by atoms with Crippen LogP contribution in [0.25, 0.3) is 0 Å². The Labute approximate surface area is 141 Å². The minimum Gasteiger partial charge on any atom is -0.480 e. The van der Waals surface area contributed by atoms with Gasteiger partial charge in [-0.05, 0) is 45.9 Å². The molecular formula is C15H18F3NO4S. The van der Waals surface area contributed by atoms with Crippen LogP contribution in [0.5, 0.6) is 0 Å². The second kappa shape index (κ2) is 7.33. The van der Waals surface area contributed by atoms with Crippen LogP contribution < -0.4 is 5.32 Å². The van der Waals surface area contributed by atoms with Crippen molar-refractivity contribution in [2.24, 2.45) is 0 Å². The SMILES string of the molecule is C[C@@H](Sc1cc(C(F)(F)F)ccc1NC(=O)OC(C)(C)C)C(=O)O. The maximum absolute atomic E-state index is 12.8. The summed E-state index contributed by atoms with van der Waals surface area (Å²) < 4.78 is 43.6. The summed E-state index contributed by atoms with van der Waals surface area (Å²) in [6.45, 7) is 6.26. The Balaban J connectivity index is 3.13. The van der Waals surface area contributed by atoms with Crippen molar-refractivity contribution in [3.05, 3.63) is 23.8 Å². The summed E-state index contributed by atoms with van der Waals surface area (Å²) in [4.78, 5) is 22.7. The molecule has 0 unspecified atom stereocenters. The number of thioether (sulfide) groups is 1. The maximum atomic E-state index is 12.8. The number of hydrogen-bond donors (Lipinski definition) is 2. The van der Waals surface area contributed by atoms with Crippen LogP contribution in [0.3, 0.4) is 0 Å². The Morgan fingerprint density at radius 3 is 2.29 bits per heavy atom. The predicted molar refractivity (Wildman–Crippen MR) is 84.3 cm³/mol. The van der Waals surface area contributed by atoms with Gasteiger partial charge in [0.05, 0.1) is 11.3 Å². The van der Waals surface area contributed by atoms with Crippen LogP contribution in [0.1, 0.15) is 33.3 Å². The molecular weight excluding hydrogens is 347 g/mol. The minimum atomic E-state index is -4.58. The fourth-order valence-corrected chi connectivity index (χ4v) is 2.48. The number of nitrogens with one attached hydrogen (secondary N) is 1. The molecule has 0 heterocycles. The molecule has 24 heavy (non-hydrogen) atoms. The molecule has 5 nitrogen and oxygen atoms in total. The average molecular weight is 365 g/mol. The van der Waals surface area contributed by atoms with E-state index in [0.29, 0.717) is 11.8 Å². The zero-order chi connectivity index (χ0) is 18.7. The number of amides is 1. The molecule has 0 fully saturated rings. The highest BCUT2D eigenvalue weighted by molar-refractivity contribution is 8.00. The first kappa shape index (κ1) is 20.1. The van der Waals surface area contributed by atoms with Crippen molar-refractivity contribution >= 4 is 29.5 Å². The third-order valence-corrected chi connectivity index (χ3v) is 3.74. The lowest BCUT2D eigenvalue weighted by Gasteiger charge is -2.21. The standard InChI is InChI=1S/C15H18F3NO4S/c1-8(12(20)21)24-11-7-9(15(16,17)18)5-6-10(11)19-13(22)23-14(2,3)4/h5-8H,1-4H3,(H,19,22)(H,20,21)/t8-/m1/s1. The van der Waals surface area contributed by atoms with E-state index in [4.69, 9.17) is 9.84 Å². The Morgan fingerprint density at radius 1 is 1.25 bits per heavy atom. The molecule has 0 saturated heterocycles. The third-order valence-electron chi connectivity index (χ3n) is 2.60. The first-order valence-corrected chi connectivity index (χ1v) is 7.78. The van der Waals surface area contributed by atoms with Crippen LogP contribution in [0.15, 0.2) is 23.1 Å². The summed E-state index contributed by atoms with van der Waals surface area (Å²) in [6, 6.07) is 2.68. The largest absolute Gasteiger partial charge is 0.480 e. The molecule has 1 rings (SSSR count). The van der Waals surface area contributed by atoms with Crippen molar-refractivity contribution in [2.75, 3.05) is 5.32 Å². The fourth-order valence-electron chi connectivity index (χ4n) is 1.55. The van der Waals surface area contributed by atoms with Gasteiger partial charge in [-0.25, -0.2) is 4.79 Å². The van der Waals surface area contributed by atoms with E-state index in [0.717, 1.165) is 18.2 Å². The summed E-state index contributed by atoms with van der Waals surface area (Å²) in [5.74, 6) is -1.18. The number of ether oxygens (including phenoxy) is 1. The molecule has 2 N–H and O–H groups in total. The summed E-state index contributed by atoms with van der Waals surface area (Å²) in [5.41, 5.74) is -1.66. The van der Waals surface area contributed by atoms with Gasteiger partial charge in [0.15, 0.2) is 0 Å². The lowest BCUT2D eigenvalue weighted by molar-refractivity contribution is -0.138. The second-order valence-corrected chi connectivity index (χ2v) is 7.32. The first-order chi connectivity index (χ1) is 10.8. The van der Waals surface area contributed by atoms with Gasteiger partial charge in [-0.1, -0.05) is 0 Å². The number of hydrogen-bond acceptors (Lipinski definition) is 4. The molecule has 1 amide bonds. The lowest BCUT2D eigenvalue weighted by Crippen LogP contribution is -2.27. The number of aliphatic carboxylic acids is 1. The summed E-state index contributed by atoms with van der Waals surface area (Å²) in [7, 11) is 0. The van der Waals surface area contributed by atoms with Crippen LogP contribution in [-0.4, -0.2) is 28.0 Å². The average Bonchev–Trinajstić information content (AvgIpc) is 2.36. The van der Waals surface area contributed by atoms with Crippen LogP contribution in [0, 0.1) is 0 Å². The van der Waals surface area contributed by atoms with Crippen molar-refractivity contribution in [3.63, 3.8) is 0 Å². The van der Waals surface area contributed by atoms with E-state index < -0.39 is 34.7 Å². The molecule has 0 aliphatic heterocycles. The highest BCUT2D eigenvalue weighted by Crippen LogP contribution is 2.37. The van der Waals surface area contributed by atoms with E-state index in [2.05, 4.69) is 5.32 Å². The first-order valence-electron chi connectivity index (χ1n) is 6.90. The van der Waals surface area contributed by atoms with Crippen molar-refractivity contribution in [1.82, 2.24) is 0 Å². The number of carbonyl (C=O) groups is 2. The van der Waals surface area contributed by atoms with E-state index in [1.54, 1.807) is 20.8 Å². The normalized spacial score (nSPS) is 13.3. The van der Waals surface area contributed by atoms with E-state index in [-0.39, 0.29) is 10.6 Å². The molecule has 0 aliphatic rings. The van der Waals surface area contributed by atoms with Gasteiger partial charge in [-0.3, -0.25) is 10.1 Å². The van der Waals surface area contributed by atoms with Crippen LogP contribution in [0.2, 0.25) is 0 Å². The molecule has 0 saturated carbocycles. The summed E-state index contributed by atoms with van der Waals surface area (Å²) >= 11 is 0.699. The smallest absolute Gasteiger partial charge is 0.416 e. The highest BCUT2D eigenvalue weighted by atomic mass is 32.2. The number of alkyl halides is 3. The van der Waals surface area contributed by atoms with E-state index >= 15 is 0 Å². The zero-order valence-corrected chi connectivity index (χ0v) is 14.3. The number of carboxylic acid groups (broad SMARTS) is 1. The van der Waals surface area contributed by atoms with Crippen LogP contribution in [-0.2, 0) is 15.7 Å². The van der Waals surface area contributed by atoms with Gasteiger partial charge >= 0.3 is 18.2 Å². The molecule has 0 spiro atoms. The minimum absolute atomic E-state index is 0.00872. The number of halogens is 3.